The van der Waals surface area contributed by atoms with E-state index in [1.807, 2.05) is 0 Å². The molecule has 0 aromatic heterocycles. The number of carbonyl (C=O) groups excluding carboxylic acids is 2. The van der Waals surface area contributed by atoms with Crippen LogP contribution in [0.4, 0.5) is 13.2 Å². The summed E-state index contributed by atoms with van der Waals surface area (Å²) in [7, 11) is 0. The first-order valence-corrected chi connectivity index (χ1v) is 2.96. The summed E-state index contributed by atoms with van der Waals surface area (Å²) < 4.78 is 35.9. The van der Waals surface area contributed by atoms with Crippen LogP contribution in [0.2, 0.25) is 0 Å². The van der Waals surface area contributed by atoms with Gasteiger partial charge in [0.15, 0.2) is 12.5 Å². The minimum atomic E-state index is -2.51. The van der Waals surface area contributed by atoms with E-state index in [0.29, 0.717) is 0 Å². The van der Waals surface area contributed by atoms with Gasteiger partial charge in [-0.1, -0.05) is 0 Å². The van der Waals surface area contributed by atoms with Crippen LogP contribution in [-0.2, 0) is 9.59 Å². The van der Waals surface area contributed by atoms with E-state index in [4.69, 9.17) is 0 Å². The third-order valence-corrected chi connectivity index (χ3v) is 1.09. The predicted molar refractivity (Wildman–Crippen MR) is 31.5 cm³/mol. The van der Waals surface area contributed by atoms with Gasteiger partial charge in [0.05, 0.1) is 6.67 Å². The van der Waals surface area contributed by atoms with E-state index >= 15 is 0 Å². The van der Waals surface area contributed by atoms with Gasteiger partial charge in [0, 0.05) is 6.42 Å². The highest BCUT2D eigenvalue weighted by atomic mass is 19.2. The van der Waals surface area contributed by atoms with Gasteiger partial charge in [0.2, 0.25) is 5.78 Å². The molecule has 2 unspecified atom stereocenters. The summed E-state index contributed by atoms with van der Waals surface area (Å²) in [4.78, 5) is 19.7. The Balaban J connectivity index is 3.89. The van der Waals surface area contributed by atoms with Gasteiger partial charge in [-0.2, -0.15) is 0 Å². The van der Waals surface area contributed by atoms with E-state index in [9.17, 15) is 22.8 Å². The van der Waals surface area contributed by atoms with E-state index in [1.165, 1.54) is 0 Å². The molecule has 0 aromatic rings. The number of ketones is 1. The molecule has 0 amide bonds. The molecule has 0 aliphatic heterocycles. The Hall–Kier alpha value is -0.870. The van der Waals surface area contributed by atoms with Crippen LogP contribution in [0.5, 0.6) is 0 Å². The third kappa shape index (κ3) is 3.15. The maximum atomic E-state index is 12.3. The average molecular weight is 168 g/mol. The highest BCUT2D eigenvalue weighted by Gasteiger charge is 2.26. The molecule has 11 heavy (non-hydrogen) atoms. The molecule has 0 saturated carbocycles. The van der Waals surface area contributed by atoms with Crippen molar-refractivity contribution in [2.24, 2.45) is 0 Å². The van der Waals surface area contributed by atoms with E-state index in [0.717, 1.165) is 0 Å². The standard InChI is InChI=1S/C6H7F3O2/c7-2-1-4(8)6(9)5(11)3-10/h3-4,6H,1-2H2. The largest absolute Gasteiger partial charge is 0.294 e. The quantitative estimate of drug-likeness (QED) is 0.449. The Morgan fingerprint density at radius 2 is 2.00 bits per heavy atom. The lowest BCUT2D eigenvalue weighted by Crippen LogP contribution is -2.28. The Labute approximate surface area is 61.4 Å². The first-order valence-electron chi connectivity index (χ1n) is 2.96. The maximum absolute atomic E-state index is 12.3. The zero-order valence-corrected chi connectivity index (χ0v) is 5.60. The molecule has 5 heteroatoms. The van der Waals surface area contributed by atoms with Gasteiger partial charge < -0.3 is 0 Å². The fraction of sp³-hybridized carbons (Fsp3) is 0.667. The normalized spacial score (nSPS) is 15.5. The Bertz CT molecular complexity index is 149. The number of alkyl halides is 3. The zero-order chi connectivity index (χ0) is 8.85. The highest BCUT2D eigenvalue weighted by molar-refractivity contribution is 6.27. The van der Waals surface area contributed by atoms with Crippen molar-refractivity contribution in [3.8, 4) is 0 Å². The van der Waals surface area contributed by atoms with Gasteiger partial charge in [-0.05, 0) is 0 Å². The van der Waals surface area contributed by atoms with Gasteiger partial charge in [-0.25, -0.2) is 8.78 Å². The summed E-state index contributed by atoms with van der Waals surface area (Å²) in [6.07, 6.45) is -5.73. The van der Waals surface area contributed by atoms with Crippen molar-refractivity contribution in [1.29, 1.82) is 0 Å². The van der Waals surface area contributed by atoms with E-state index in [2.05, 4.69) is 0 Å². The van der Waals surface area contributed by atoms with Crippen LogP contribution in [0.1, 0.15) is 6.42 Å². The molecular formula is C6H7F3O2. The summed E-state index contributed by atoms with van der Waals surface area (Å²) in [5, 5.41) is 0. The van der Waals surface area contributed by atoms with E-state index in [1.54, 1.807) is 0 Å². The molecule has 0 heterocycles. The molecule has 0 aliphatic rings. The second-order valence-electron chi connectivity index (χ2n) is 1.92. The smallest absolute Gasteiger partial charge is 0.232 e. The lowest BCUT2D eigenvalue weighted by molar-refractivity contribution is -0.134. The van der Waals surface area contributed by atoms with E-state index < -0.39 is 31.2 Å². The molecule has 0 N–H and O–H groups in total. The molecule has 0 aliphatic carbocycles. The van der Waals surface area contributed by atoms with Gasteiger partial charge >= 0.3 is 0 Å². The second-order valence-corrected chi connectivity index (χ2v) is 1.92. The first kappa shape index (κ1) is 10.1. The fourth-order valence-electron chi connectivity index (χ4n) is 0.494. The van der Waals surface area contributed by atoms with Crippen LogP contribution in [0.3, 0.4) is 0 Å². The predicted octanol–water partition coefficient (Wildman–Crippen LogP) is 0.790. The van der Waals surface area contributed by atoms with Crippen molar-refractivity contribution in [3.63, 3.8) is 0 Å². The van der Waals surface area contributed by atoms with Gasteiger partial charge in [0.25, 0.3) is 0 Å². The van der Waals surface area contributed by atoms with Crippen molar-refractivity contribution >= 4 is 12.1 Å². The lowest BCUT2D eigenvalue weighted by atomic mass is 10.1. The topological polar surface area (TPSA) is 34.1 Å². The van der Waals surface area contributed by atoms with Gasteiger partial charge in [0.1, 0.15) is 6.17 Å². The maximum Gasteiger partial charge on any atom is 0.232 e. The summed E-state index contributed by atoms with van der Waals surface area (Å²) in [5.74, 6) is -1.48. The molecule has 0 fully saturated rings. The average Bonchev–Trinajstić information content (AvgIpc) is 2.02. The fourth-order valence-corrected chi connectivity index (χ4v) is 0.494. The molecule has 2 atom stereocenters. The minimum Gasteiger partial charge on any atom is -0.294 e. The summed E-state index contributed by atoms with van der Waals surface area (Å²) in [5.41, 5.74) is 0. The molecule has 0 aromatic carbocycles. The monoisotopic (exact) mass is 168 g/mol. The SMILES string of the molecule is O=CC(=O)C(F)C(F)CCF. The third-order valence-electron chi connectivity index (χ3n) is 1.09. The number of hydrogen-bond donors (Lipinski definition) is 0. The number of halogens is 3. The van der Waals surface area contributed by atoms with Crippen molar-refractivity contribution in [1.82, 2.24) is 0 Å². The van der Waals surface area contributed by atoms with Gasteiger partial charge in [-0.15, -0.1) is 0 Å². The van der Waals surface area contributed by atoms with Crippen LogP contribution < -0.4 is 0 Å². The van der Waals surface area contributed by atoms with Crippen LogP contribution in [0, 0.1) is 0 Å². The second kappa shape index (κ2) is 4.87. The zero-order valence-electron chi connectivity index (χ0n) is 5.60. The molecule has 0 spiro atoms. The van der Waals surface area contributed by atoms with Crippen LogP contribution in [0.15, 0.2) is 0 Å². The molecule has 0 saturated heterocycles. The molecule has 0 radical (unpaired) electrons. The molecular weight excluding hydrogens is 161 g/mol. The number of aldehydes is 1. The number of rotatable bonds is 5. The van der Waals surface area contributed by atoms with Crippen LogP contribution >= 0.6 is 0 Å². The minimum absolute atomic E-state index is 0.310. The van der Waals surface area contributed by atoms with Crippen molar-refractivity contribution < 1.29 is 22.8 Å². The van der Waals surface area contributed by atoms with E-state index in [-0.39, 0.29) is 6.29 Å². The number of carbonyl (C=O) groups is 2. The van der Waals surface area contributed by atoms with Crippen LogP contribution in [-0.4, -0.2) is 31.1 Å². The summed E-state index contributed by atoms with van der Waals surface area (Å²) in [6, 6.07) is 0. The Morgan fingerprint density at radius 3 is 2.36 bits per heavy atom. The lowest BCUT2D eigenvalue weighted by Gasteiger charge is -2.06. The van der Waals surface area contributed by atoms with Crippen molar-refractivity contribution in [3.05, 3.63) is 0 Å². The highest BCUT2D eigenvalue weighted by Crippen LogP contribution is 2.08. The number of Topliss-reactive ketones (excluding diaryl/α,β-unsaturated/α-hetero) is 1. The van der Waals surface area contributed by atoms with Crippen molar-refractivity contribution in [2.45, 2.75) is 18.8 Å². The molecule has 2 nitrogen and oxygen atoms in total. The summed E-state index contributed by atoms with van der Waals surface area (Å²) >= 11 is 0. The number of hydrogen-bond acceptors (Lipinski definition) is 2. The first-order chi connectivity index (χ1) is 5.13. The Morgan fingerprint density at radius 1 is 1.45 bits per heavy atom. The van der Waals surface area contributed by atoms with Gasteiger partial charge in [-0.3, -0.25) is 14.0 Å². The molecule has 64 valence electrons. The van der Waals surface area contributed by atoms with Crippen molar-refractivity contribution in [2.75, 3.05) is 6.67 Å². The molecule has 0 rings (SSSR count). The Kier molecular flexibility index (Phi) is 4.49. The van der Waals surface area contributed by atoms with Crippen LogP contribution in [0.25, 0.3) is 0 Å². The molecule has 0 bridgehead atoms. The summed E-state index contributed by atoms with van der Waals surface area (Å²) in [6.45, 7) is -1.05.